The first kappa shape index (κ1) is 18.9. The molecule has 3 nitrogen and oxygen atoms in total. The first-order valence-corrected chi connectivity index (χ1v) is 7.83. The van der Waals surface area contributed by atoms with Gasteiger partial charge in [-0.15, -0.1) is 0 Å². The second-order valence-corrected chi connectivity index (χ2v) is 7.38. The van der Waals surface area contributed by atoms with Crippen LogP contribution < -0.4 is 5.32 Å². The molecule has 0 bridgehead atoms. The maximum absolute atomic E-state index is 3.56. The van der Waals surface area contributed by atoms with E-state index in [2.05, 4.69) is 63.8 Å². The van der Waals surface area contributed by atoms with Gasteiger partial charge in [-0.05, 0) is 66.7 Å². The zero-order valence-corrected chi connectivity index (χ0v) is 14.4. The monoisotopic (exact) mass is 271 g/mol. The lowest BCUT2D eigenvalue weighted by Gasteiger charge is -2.26. The molecule has 116 valence electrons. The summed E-state index contributed by atoms with van der Waals surface area (Å²) in [5.74, 6) is 0.759. The molecule has 0 saturated heterocycles. The minimum absolute atomic E-state index is 0.253. The zero-order chi connectivity index (χ0) is 14.9. The van der Waals surface area contributed by atoms with Gasteiger partial charge in [0.15, 0.2) is 0 Å². The van der Waals surface area contributed by atoms with Gasteiger partial charge in [-0.2, -0.15) is 0 Å². The van der Waals surface area contributed by atoms with Gasteiger partial charge in [0.1, 0.15) is 0 Å². The number of nitrogens with one attached hydrogen (secondary N) is 1. The van der Waals surface area contributed by atoms with Crippen molar-refractivity contribution in [2.75, 3.05) is 46.8 Å². The Morgan fingerprint density at radius 1 is 0.947 bits per heavy atom. The third-order valence-electron chi connectivity index (χ3n) is 3.04. The van der Waals surface area contributed by atoms with Crippen LogP contribution in [0.5, 0.6) is 0 Å². The van der Waals surface area contributed by atoms with Crippen LogP contribution in [0.3, 0.4) is 0 Å². The molecule has 0 spiro atoms. The lowest BCUT2D eigenvalue weighted by Crippen LogP contribution is -2.37. The maximum atomic E-state index is 3.56. The molecule has 0 aromatic heterocycles. The molecule has 0 saturated carbocycles. The van der Waals surface area contributed by atoms with Crippen LogP contribution in [0.4, 0.5) is 0 Å². The first-order chi connectivity index (χ1) is 8.70. The minimum atomic E-state index is 0.253. The quantitative estimate of drug-likeness (QED) is 0.616. The molecule has 0 aliphatic heterocycles. The minimum Gasteiger partial charge on any atom is -0.312 e. The Morgan fingerprint density at radius 3 is 2.05 bits per heavy atom. The van der Waals surface area contributed by atoms with Gasteiger partial charge in [0.25, 0.3) is 0 Å². The molecule has 0 aromatic rings. The largest absolute Gasteiger partial charge is 0.312 e. The molecule has 19 heavy (non-hydrogen) atoms. The molecule has 0 aromatic carbocycles. The summed E-state index contributed by atoms with van der Waals surface area (Å²) in [5.41, 5.74) is 0.253. The van der Waals surface area contributed by atoms with Gasteiger partial charge in [0.05, 0.1) is 0 Å². The van der Waals surface area contributed by atoms with E-state index in [0.29, 0.717) is 0 Å². The molecule has 0 fully saturated rings. The normalized spacial score (nSPS) is 12.9. The second kappa shape index (κ2) is 9.73. The Morgan fingerprint density at radius 2 is 1.58 bits per heavy atom. The summed E-state index contributed by atoms with van der Waals surface area (Å²) < 4.78 is 0. The lowest BCUT2D eigenvalue weighted by atomic mass is 10.1. The van der Waals surface area contributed by atoms with E-state index >= 15 is 0 Å². The van der Waals surface area contributed by atoms with E-state index < -0.39 is 0 Å². The maximum Gasteiger partial charge on any atom is 0.0109 e. The number of rotatable bonds is 10. The van der Waals surface area contributed by atoms with Gasteiger partial charge >= 0.3 is 0 Å². The molecule has 0 amide bonds. The highest BCUT2D eigenvalue weighted by Crippen LogP contribution is 2.03. The number of nitrogens with zero attached hydrogens (tertiary/aromatic N) is 2. The fraction of sp³-hybridized carbons (Fsp3) is 1.00. The summed E-state index contributed by atoms with van der Waals surface area (Å²) in [7, 11) is 4.31. The summed E-state index contributed by atoms with van der Waals surface area (Å²) >= 11 is 0. The molecular formula is C16H37N3. The molecule has 3 heteroatoms. The van der Waals surface area contributed by atoms with Crippen LogP contribution in [0.25, 0.3) is 0 Å². The molecule has 0 radical (unpaired) electrons. The summed E-state index contributed by atoms with van der Waals surface area (Å²) in [5, 5.41) is 3.56. The Hall–Kier alpha value is -0.120. The van der Waals surface area contributed by atoms with Crippen LogP contribution in [0.15, 0.2) is 0 Å². The summed E-state index contributed by atoms with van der Waals surface area (Å²) in [4.78, 5) is 4.89. The van der Waals surface area contributed by atoms with Crippen molar-refractivity contribution in [1.29, 1.82) is 0 Å². The smallest absolute Gasteiger partial charge is 0.0109 e. The van der Waals surface area contributed by atoms with E-state index in [0.717, 1.165) is 19.0 Å². The van der Waals surface area contributed by atoms with Gasteiger partial charge in [-0.25, -0.2) is 0 Å². The van der Waals surface area contributed by atoms with Crippen molar-refractivity contribution >= 4 is 0 Å². The molecule has 0 heterocycles. The van der Waals surface area contributed by atoms with Crippen molar-refractivity contribution in [3.05, 3.63) is 0 Å². The van der Waals surface area contributed by atoms with Crippen molar-refractivity contribution in [1.82, 2.24) is 15.1 Å². The highest BCUT2D eigenvalue weighted by Gasteiger charge is 2.09. The molecule has 0 rings (SSSR count). The predicted octanol–water partition coefficient (Wildman–Crippen LogP) is 2.67. The van der Waals surface area contributed by atoms with E-state index in [1.54, 1.807) is 0 Å². The Bertz CT molecular complexity index is 207. The predicted molar refractivity (Wildman–Crippen MR) is 86.8 cm³/mol. The fourth-order valence-electron chi connectivity index (χ4n) is 2.08. The van der Waals surface area contributed by atoms with E-state index in [1.165, 1.54) is 32.5 Å². The number of likely N-dealkylation sites (N-methyl/N-ethyl adjacent to an activating group) is 1. The summed E-state index contributed by atoms with van der Waals surface area (Å²) in [6.45, 7) is 17.3. The molecule has 0 unspecified atom stereocenters. The van der Waals surface area contributed by atoms with Crippen molar-refractivity contribution < 1.29 is 0 Å². The van der Waals surface area contributed by atoms with Crippen LogP contribution >= 0.6 is 0 Å². The van der Waals surface area contributed by atoms with Crippen LogP contribution in [-0.2, 0) is 0 Å². The van der Waals surface area contributed by atoms with E-state index in [1.807, 2.05) is 0 Å². The molecule has 1 N–H and O–H groups in total. The molecule has 0 aliphatic rings. The van der Waals surface area contributed by atoms with Crippen LogP contribution in [0.1, 0.15) is 47.5 Å². The SMILES string of the molecule is CC(C)CN(CCCCNC(C)(C)C)CCN(C)C. The van der Waals surface area contributed by atoms with E-state index in [-0.39, 0.29) is 5.54 Å². The fourth-order valence-corrected chi connectivity index (χ4v) is 2.08. The Labute approximate surface area is 121 Å². The Kier molecular flexibility index (Phi) is 9.67. The lowest BCUT2D eigenvalue weighted by molar-refractivity contribution is 0.214. The highest BCUT2D eigenvalue weighted by molar-refractivity contribution is 4.70. The topological polar surface area (TPSA) is 18.5 Å². The number of hydrogen-bond donors (Lipinski definition) is 1. The van der Waals surface area contributed by atoms with E-state index in [4.69, 9.17) is 0 Å². The first-order valence-electron chi connectivity index (χ1n) is 7.83. The summed E-state index contributed by atoms with van der Waals surface area (Å²) in [6, 6.07) is 0. The molecule has 0 aliphatic carbocycles. The molecule has 0 atom stereocenters. The Balaban J connectivity index is 3.79. The zero-order valence-electron chi connectivity index (χ0n) is 14.4. The average molecular weight is 271 g/mol. The van der Waals surface area contributed by atoms with Crippen LogP contribution in [0.2, 0.25) is 0 Å². The average Bonchev–Trinajstić information content (AvgIpc) is 2.22. The number of unbranched alkanes of at least 4 members (excludes halogenated alkanes) is 1. The third kappa shape index (κ3) is 14.1. The number of hydrogen-bond acceptors (Lipinski definition) is 3. The highest BCUT2D eigenvalue weighted by atomic mass is 15.2. The van der Waals surface area contributed by atoms with Crippen molar-refractivity contribution in [2.24, 2.45) is 5.92 Å². The van der Waals surface area contributed by atoms with Crippen molar-refractivity contribution in [2.45, 2.75) is 53.0 Å². The van der Waals surface area contributed by atoms with Gasteiger partial charge in [0, 0.05) is 25.2 Å². The van der Waals surface area contributed by atoms with Gasteiger partial charge < -0.3 is 15.1 Å². The summed E-state index contributed by atoms with van der Waals surface area (Å²) in [6.07, 6.45) is 2.57. The second-order valence-electron chi connectivity index (χ2n) is 7.38. The van der Waals surface area contributed by atoms with Crippen LogP contribution in [-0.4, -0.2) is 62.2 Å². The van der Waals surface area contributed by atoms with Gasteiger partial charge in [-0.3, -0.25) is 0 Å². The van der Waals surface area contributed by atoms with Crippen LogP contribution in [0, 0.1) is 5.92 Å². The standard InChI is InChI=1S/C16H37N3/c1-15(2)14-19(13-12-18(6)7)11-9-8-10-17-16(3,4)5/h15,17H,8-14H2,1-7H3. The molecular weight excluding hydrogens is 234 g/mol. The van der Waals surface area contributed by atoms with Gasteiger partial charge in [-0.1, -0.05) is 13.8 Å². The van der Waals surface area contributed by atoms with Gasteiger partial charge in [0.2, 0.25) is 0 Å². The van der Waals surface area contributed by atoms with Crippen molar-refractivity contribution in [3.63, 3.8) is 0 Å². The van der Waals surface area contributed by atoms with E-state index in [9.17, 15) is 0 Å². The third-order valence-corrected chi connectivity index (χ3v) is 3.04. The van der Waals surface area contributed by atoms with Crippen molar-refractivity contribution in [3.8, 4) is 0 Å².